The molecule has 0 spiro atoms. The van der Waals surface area contributed by atoms with Gasteiger partial charge in [0.15, 0.2) is 0 Å². The van der Waals surface area contributed by atoms with Crippen LogP contribution >= 0.6 is 33.9 Å². The Labute approximate surface area is 167 Å². The van der Waals surface area contributed by atoms with Crippen LogP contribution in [0.25, 0.3) is 16.5 Å². The molecule has 0 fully saturated rings. The molecular formula is C18H16IN3O3S. The Morgan fingerprint density at radius 2 is 2.15 bits per heavy atom. The number of hydrogen-bond acceptors (Lipinski definition) is 6. The summed E-state index contributed by atoms with van der Waals surface area (Å²) in [6, 6.07) is 7.99. The maximum atomic E-state index is 11.5. The van der Waals surface area contributed by atoms with Gasteiger partial charge in [0, 0.05) is 22.3 Å². The molecule has 6 nitrogen and oxygen atoms in total. The minimum Gasteiger partial charge on any atom is -0.480 e. The van der Waals surface area contributed by atoms with Crippen LogP contribution in [0.1, 0.15) is 17.7 Å². The highest BCUT2D eigenvalue weighted by molar-refractivity contribution is 14.1. The Bertz CT molecular complexity index is 1010. The lowest BCUT2D eigenvalue weighted by atomic mass is 10.2. The van der Waals surface area contributed by atoms with Crippen LogP contribution in [-0.2, 0) is 4.79 Å². The van der Waals surface area contributed by atoms with Crippen LogP contribution in [0.15, 0.2) is 34.5 Å². The SMILES string of the molecule is CCN1/C(=C\c2nc3cc(C)oc3s2)N(CC(=O)O)c2cc(I)ccc21. The summed E-state index contributed by atoms with van der Waals surface area (Å²) >= 11 is 3.71. The van der Waals surface area contributed by atoms with Gasteiger partial charge in [-0.1, -0.05) is 11.3 Å². The van der Waals surface area contributed by atoms with Gasteiger partial charge in [-0.05, 0) is 54.6 Å². The van der Waals surface area contributed by atoms with Gasteiger partial charge in [0.05, 0.1) is 11.4 Å². The molecule has 8 heteroatoms. The van der Waals surface area contributed by atoms with Crippen molar-refractivity contribution < 1.29 is 14.3 Å². The fourth-order valence-corrected chi connectivity index (χ4v) is 4.52. The van der Waals surface area contributed by atoms with E-state index in [-0.39, 0.29) is 6.54 Å². The Balaban J connectivity index is 1.83. The molecule has 0 saturated heterocycles. The molecule has 0 saturated carbocycles. The number of halogens is 1. The van der Waals surface area contributed by atoms with E-state index in [1.54, 1.807) is 0 Å². The average Bonchev–Trinajstić information content (AvgIpc) is 3.17. The van der Waals surface area contributed by atoms with E-state index >= 15 is 0 Å². The Morgan fingerprint density at radius 3 is 2.85 bits per heavy atom. The standard InChI is InChI=1S/C18H16IN3O3S/c1-3-21-13-5-4-11(19)7-14(13)22(9-17(23)24)16(21)8-15-20-12-6-10(2)25-18(12)26-15/h4-8H,3,9H2,1-2H3,(H,23,24)/b16-8+. The second-order valence-electron chi connectivity index (χ2n) is 5.94. The van der Waals surface area contributed by atoms with E-state index in [0.29, 0.717) is 0 Å². The lowest BCUT2D eigenvalue weighted by molar-refractivity contribution is -0.135. The zero-order valence-electron chi connectivity index (χ0n) is 14.2. The first-order valence-electron chi connectivity index (χ1n) is 8.11. The molecule has 0 radical (unpaired) electrons. The number of aryl methyl sites for hydroxylation is 1. The van der Waals surface area contributed by atoms with Crippen molar-refractivity contribution in [3.05, 3.63) is 44.4 Å². The van der Waals surface area contributed by atoms with Crippen molar-refractivity contribution in [1.29, 1.82) is 0 Å². The van der Waals surface area contributed by atoms with Gasteiger partial charge in [0.25, 0.3) is 0 Å². The second kappa shape index (κ2) is 6.58. The topological polar surface area (TPSA) is 69.8 Å². The Kier molecular flexibility index (Phi) is 4.39. The van der Waals surface area contributed by atoms with Gasteiger partial charge in [-0.3, -0.25) is 4.79 Å². The smallest absolute Gasteiger partial charge is 0.323 e. The summed E-state index contributed by atoms with van der Waals surface area (Å²) in [6.07, 6.45) is 1.94. The molecule has 3 aromatic rings. The zero-order chi connectivity index (χ0) is 18.4. The lowest BCUT2D eigenvalue weighted by Crippen LogP contribution is -2.32. The summed E-state index contributed by atoms with van der Waals surface area (Å²) in [7, 11) is 0. The van der Waals surface area contributed by atoms with Crippen molar-refractivity contribution in [2.75, 3.05) is 22.9 Å². The fourth-order valence-electron chi connectivity index (χ4n) is 3.16. The molecule has 4 rings (SSSR count). The quantitative estimate of drug-likeness (QED) is 0.553. The van der Waals surface area contributed by atoms with Crippen molar-refractivity contribution in [3.8, 4) is 0 Å². The van der Waals surface area contributed by atoms with Crippen LogP contribution in [0.5, 0.6) is 0 Å². The molecule has 1 aliphatic rings. The summed E-state index contributed by atoms with van der Waals surface area (Å²) in [5, 5.41) is 10.2. The highest BCUT2D eigenvalue weighted by Gasteiger charge is 2.32. The second-order valence-corrected chi connectivity index (χ2v) is 8.18. The number of aliphatic carboxylic acids is 1. The molecule has 0 aliphatic carbocycles. The monoisotopic (exact) mass is 481 g/mol. The summed E-state index contributed by atoms with van der Waals surface area (Å²) in [4.78, 5) is 20.8. The van der Waals surface area contributed by atoms with Crippen molar-refractivity contribution in [2.24, 2.45) is 0 Å². The number of nitrogens with zero attached hydrogens (tertiary/aromatic N) is 3. The number of benzene rings is 1. The van der Waals surface area contributed by atoms with Crippen molar-refractivity contribution in [2.45, 2.75) is 13.8 Å². The molecule has 0 unspecified atom stereocenters. The predicted molar refractivity (Wildman–Crippen MR) is 112 cm³/mol. The van der Waals surface area contributed by atoms with Crippen LogP contribution in [0, 0.1) is 10.5 Å². The molecule has 2 aromatic heterocycles. The molecule has 0 bridgehead atoms. The van der Waals surface area contributed by atoms with Gasteiger partial charge < -0.3 is 19.3 Å². The third-order valence-corrected chi connectivity index (χ3v) is 5.73. The van der Waals surface area contributed by atoms with Crippen molar-refractivity contribution in [3.63, 3.8) is 0 Å². The number of carboxylic acids is 1. The first kappa shape index (κ1) is 17.3. The van der Waals surface area contributed by atoms with Gasteiger partial charge in [0.2, 0.25) is 4.90 Å². The van der Waals surface area contributed by atoms with E-state index in [9.17, 15) is 9.90 Å². The van der Waals surface area contributed by atoms with Gasteiger partial charge in [-0.25, -0.2) is 4.98 Å². The summed E-state index contributed by atoms with van der Waals surface area (Å²) in [6.45, 7) is 4.58. The van der Waals surface area contributed by atoms with Crippen LogP contribution in [0.4, 0.5) is 11.4 Å². The number of anilines is 2. The zero-order valence-corrected chi connectivity index (χ0v) is 17.2. The van der Waals surface area contributed by atoms with E-state index < -0.39 is 5.97 Å². The highest BCUT2D eigenvalue weighted by atomic mass is 127. The number of carboxylic acid groups (broad SMARTS) is 1. The largest absolute Gasteiger partial charge is 0.480 e. The molecular weight excluding hydrogens is 465 g/mol. The summed E-state index contributed by atoms with van der Waals surface area (Å²) < 4.78 is 6.71. The fraction of sp³-hybridized carbons (Fsp3) is 0.222. The normalized spacial score (nSPS) is 15.3. The van der Waals surface area contributed by atoms with Crippen LogP contribution < -0.4 is 9.80 Å². The first-order chi connectivity index (χ1) is 12.5. The minimum atomic E-state index is -0.873. The molecule has 1 aromatic carbocycles. The van der Waals surface area contributed by atoms with Gasteiger partial charge in [-0.2, -0.15) is 0 Å². The van der Waals surface area contributed by atoms with Gasteiger partial charge in [-0.15, -0.1) is 0 Å². The number of hydrogen-bond donors (Lipinski definition) is 1. The van der Waals surface area contributed by atoms with E-state index in [4.69, 9.17) is 4.42 Å². The molecule has 26 heavy (non-hydrogen) atoms. The number of furan rings is 1. The number of carbonyl (C=O) groups is 1. The highest BCUT2D eigenvalue weighted by Crippen LogP contribution is 2.43. The number of fused-ring (bicyclic) bond motifs is 2. The lowest BCUT2D eigenvalue weighted by Gasteiger charge is -2.23. The maximum Gasteiger partial charge on any atom is 0.323 e. The molecule has 1 N–H and O–H groups in total. The van der Waals surface area contributed by atoms with Gasteiger partial charge in [0.1, 0.15) is 28.7 Å². The van der Waals surface area contributed by atoms with Crippen LogP contribution in [0.3, 0.4) is 0 Å². The van der Waals surface area contributed by atoms with E-state index in [1.165, 1.54) is 11.3 Å². The Hall–Kier alpha value is -2.07. The Morgan fingerprint density at radius 1 is 1.35 bits per heavy atom. The van der Waals surface area contributed by atoms with E-state index in [0.717, 1.165) is 48.5 Å². The summed E-state index contributed by atoms with van der Waals surface area (Å²) in [5.74, 6) is 0.783. The maximum absolute atomic E-state index is 11.5. The first-order valence-corrected chi connectivity index (χ1v) is 10.0. The molecule has 3 heterocycles. The summed E-state index contributed by atoms with van der Waals surface area (Å²) in [5.41, 5.74) is 2.75. The number of rotatable bonds is 4. The molecule has 0 amide bonds. The van der Waals surface area contributed by atoms with Crippen LogP contribution in [-0.4, -0.2) is 29.1 Å². The number of aromatic nitrogens is 1. The van der Waals surface area contributed by atoms with Crippen LogP contribution in [0.2, 0.25) is 0 Å². The predicted octanol–water partition coefficient (Wildman–Crippen LogP) is 4.53. The van der Waals surface area contributed by atoms with Gasteiger partial charge >= 0.3 is 5.97 Å². The molecule has 134 valence electrons. The number of thiazole rings is 1. The van der Waals surface area contributed by atoms with E-state index in [2.05, 4.69) is 39.4 Å². The van der Waals surface area contributed by atoms with Crippen molar-refractivity contribution >= 4 is 67.8 Å². The van der Waals surface area contributed by atoms with E-state index in [1.807, 2.05) is 42.2 Å². The molecule has 1 aliphatic heterocycles. The minimum absolute atomic E-state index is 0.101. The van der Waals surface area contributed by atoms with Crippen molar-refractivity contribution in [1.82, 2.24) is 4.98 Å². The third kappa shape index (κ3) is 2.96. The molecule has 0 atom stereocenters. The average molecular weight is 481 g/mol. The third-order valence-electron chi connectivity index (χ3n) is 4.17.